The number of ether oxygens (including phenoxy) is 3. The van der Waals surface area contributed by atoms with Gasteiger partial charge in [-0.3, -0.25) is 14.4 Å². The van der Waals surface area contributed by atoms with Crippen LogP contribution in [0, 0.1) is 11.3 Å². The summed E-state index contributed by atoms with van der Waals surface area (Å²) in [5.74, 6) is -10.3. The van der Waals surface area contributed by atoms with E-state index in [4.69, 9.17) is 0 Å². The van der Waals surface area contributed by atoms with Gasteiger partial charge in [-0.2, -0.15) is 0 Å². The normalized spacial score (nSPS) is 14.6. The fraction of sp³-hybridized carbons (Fsp3) is 0.643. The van der Waals surface area contributed by atoms with E-state index in [-0.39, 0.29) is 13.2 Å². The third-order valence-corrected chi connectivity index (χ3v) is 3.46. The van der Waals surface area contributed by atoms with Gasteiger partial charge in [0.15, 0.2) is 0 Å². The third-order valence-electron chi connectivity index (χ3n) is 3.46. The molecule has 2 unspecified atom stereocenters. The number of carboxylic acid groups (broad SMARTS) is 3. The van der Waals surface area contributed by atoms with Gasteiger partial charge in [0.25, 0.3) is 5.60 Å². The molecule has 0 saturated carbocycles. The van der Waals surface area contributed by atoms with Crippen LogP contribution in [0.15, 0.2) is 0 Å². The summed E-state index contributed by atoms with van der Waals surface area (Å²) in [4.78, 5) is 58.8. The van der Waals surface area contributed by atoms with E-state index in [0.29, 0.717) is 0 Å². The van der Waals surface area contributed by atoms with Gasteiger partial charge in [0.05, 0.1) is 13.2 Å². The highest BCUT2D eigenvalue weighted by Crippen LogP contribution is 2.42. The summed E-state index contributed by atoms with van der Waals surface area (Å²) < 4.78 is 13.6. The summed E-state index contributed by atoms with van der Waals surface area (Å²) in [7, 11) is 0. The van der Waals surface area contributed by atoms with Gasteiger partial charge < -0.3 is 29.5 Å². The number of carbonyl (C=O) groups is 5. The van der Waals surface area contributed by atoms with Crippen molar-refractivity contribution in [3.05, 3.63) is 0 Å². The molecule has 11 nitrogen and oxygen atoms in total. The molecule has 0 fully saturated rings. The molecule has 2 atom stereocenters. The van der Waals surface area contributed by atoms with Crippen molar-refractivity contribution in [3.8, 4) is 0 Å². The molecule has 142 valence electrons. The number of carboxylic acids is 3. The lowest BCUT2D eigenvalue weighted by Gasteiger charge is -2.41. The lowest BCUT2D eigenvalue weighted by atomic mass is 9.67. The molecule has 0 aliphatic carbocycles. The van der Waals surface area contributed by atoms with Crippen molar-refractivity contribution < 1.29 is 53.5 Å². The molecule has 0 aromatic carbocycles. The zero-order chi connectivity index (χ0) is 20.0. The van der Waals surface area contributed by atoms with Gasteiger partial charge in [-0.25, -0.2) is 9.59 Å². The highest BCUT2D eigenvalue weighted by atomic mass is 16.7. The standard InChI is InChI=1S/C14H20O11/c1-5-23-9(17)7(8(15)16)14(11(20)21,13(3,4)10(18)19)25-12(22)24-6-2/h7H,5-6H2,1-4H3,(H,15,16)(H,18,19)(H,20,21). The maximum atomic E-state index is 12.1. The number of hydrogen-bond donors (Lipinski definition) is 3. The number of hydrogen-bond acceptors (Lipinski definition) is 8. The van der Waals surface area contributed by atoms with Crippen molar-refractivity contribution in [1.29, 1.82) is 0 Å². The predicted octanol–water partition coefficient (Wildman–Crippen LogP) is 0.358. The molecule has 0 aromatic rings. The monoisotopic (exact) mass is 364 g/mol. The quantitative estimate of drug-likeness (QED) is 0.380. The topological polar surface area (TPSA) is 174 Å². The average Bonchev–Trinajstić information content (AvgIpc) is 2.45. The Balaban J connectivity index is 6.65. The summed E-state index contributed by atoms with van der Waals surface area (Å²) >= 11 is 0. The summed E-state index contributed by atoms with van der Waals surface area (Å²) in [6.07, 6.45) is -1.64. The van der Waals surface area contributed by atoms with Crippen LogP contribution in [0.3, 0.4) is 0 Å². The Hall–Kier alpha value is -2.85. The minimum Gasteiger partial charge on any atom is -0.481 e. The molecule has 3 N–H and O–H groups in total. The van der Waals surface area contributed by atoms with Crippen molar-refractivity contribution in [1.82, 2.24) is 0 Å². The van der Waals surface area contributed by atoms with E-state index in [1.165, 1.54) is 13.8 Å². The van der Waals surface area contributed by atoms with Gasteiger partial charge in [-0.05, 0) is 27.7 Å². The van der Waals surface area contributed by atoms with Crippen molar-refractivity contribution >= 4 is 30.0 Å². The average molecular weight is 364 g/mol. The first kappa shape index (κ1) is 22.1. The Labute approximate surface area is 142 Å². The lowest BCUT2D eigenvalue weighted by molar-refractivity contribution is -0.208. The van der Waals surface area contributed by atoms with Crippen LogP contribution >= 0.6 is 0 Å². The molecule has 25 heavy (non-hydrogen) atoms. The molecule has 0 spiro atoms. The van der Waals surface area contributed by atoms with Crippen molar-refractivity contribution in [2.45, 2.75) is 33.3 Å². The fourth-order valence-electron chi connectivity index (χ4n) is 2.09. The summed E-state index contributed by atoms with van der Waals surface area (Å²) in [5, 5.41) is 28.3. The van der Waals surface area contributed by atoms with E-state index in [0.717, 1.165) is 13.8 Å². The maximum absolute atomic E-state index is 12.1. The number of carbonyl (C=O) groups excluding carboxylic acids is 2. The number of esters is 1. The Morgan fingerprint density at radius 2 is 1.36 bits per heavy atom. The van der Waals surface area contributed by atoms with Gasteiger partial charge in [0, 0.05) is 0 Å². The van der Waals surface area contributed by atoms with Gasteiger partial charge in [-0.1, -0.05) is 0 Å². The highest BCUT2D eigenvalue weighted by molar-refractivity contribution is 6.04. The molecule has 0 saturated heterocycles. The van der Waals surface area contributed by atoms with E-state index in [1.54, 1.807) is 0 Å². The van der Waals surface area contributed by atoms with Crippen LogP contribution in [0.5, 0.6) is 0 Å². The Morgan fingerprint density at radius 1 is 0.880 bits per heavy atom. The molecular weight excluding hydrogens is 344 g/mol. The van der Waals surface area contributed by atoms with E-state index < -0.39 is 47.0 Å². The van der Waals surface area contributed by atoms with Crippen molar-refractivity contribution in [2.24, 2.45) is 11.3 Å². The molecule has 0 aliphatic heterocycles. The maximum Gasteiger partial charge on any atom is 0.509 e. The summed E-state index contributed by atoms with van der Waals surface area (Å²) in [6, 6.07) is 0. The molecule has 0 radical (unpaired) electrons. The number of rotatable bonds is 9. The summed E-state index contributed by atoms with van der Waals surface area (Å²) in [6.45, 7) is 3.71. The largest absolute Gasteiger partial charge is 0.509 e. The van der Waals surface area contributed by atoms with Crippen LogP contribution in [-0.4, -0.2) is 64.2 Å². The Kier molecular flexibility index (Phi) is 7.36. The molecule has 0 bridgehead atoms. The lowest BCUT2D eigenvalue weighted by Crippen LogP contribution is -2.66. The van der Waals surface area contributed by atoms with E-state index in [1.807, 2.05) is 0 Å². The third kappa shape index (κ3) is 4.17. The zero-order valence-electron chi connectivity index (χ0n) is 14.1. The first-order valence-electron chi connectivity index (χ1n) is 7.12. The van der Waals surface area contributed by atoms with Crippen LogP contribution < -0.4 is 0 Å². The molecule has 0 heterocycles. The van der Waals surface area contributed by atoms with Crippen LogP contribution in [0.4, 0.5) is 4.79 Å². The molecule has 0 amide bonds. The molecule has 0 aromatic heterocycles. The second-order valence-corrected chi connectivity index (χ2v) is 5.28. The van der Waals surface area contributed by atoms with Gasteiger partial charge >= 0.3 is 30.0 Å². The van der Waals surface area contributed by atoms with E-state index >= 15 is 0 Å². The Bertz CT molecular complexity index is 565. The second kappa shape index (κ2) is 8.31. The van der Waals surface area contributed by atoms with Crippen LogP contribution in [0.25, 0.3) is 0 Å². The molecule has 0 rings (SSSR count). The highest BCUT2D eigenvalue weighted by Gasteiger charge is 2.69. The minimum absolute atomic E-state index is 0.265. The van der Waals surface area contributed by atoms with Gasteiger partial charge in [0.2, 0.25) is 5.92 Å². The number of aliphatic carboxylic acids is 3. The zero-order valence-corrected chi connectivity index (χ0v) is 14.1. The van der Waals surface area contributed by atoms with Crippen molar-refractivity contribution in [2.75, 3.05) is 13.2 Å². The van der Waals surface area contributed by atoms with Crippen LogP contribution in [0.2, 0.25) is 0 Å². The summed E-state index contributed by atoms with van der Waals surface area (Å²) in [5.41, 5.74) is -5.87. The SMILES string of the molecule is CCOC(=O)OC(C(=O)O)(C(C(=O)O)C(=O)OCC)C(C)(C)C(=O)O. The fourth-order valence-corrected chi connectivity index (χ4v) is 2.09. The van der Waals surface area contributed by atoms with E-state index in [2.05, 4.69) is 14.2 Å². The van der Waals surface area contributed by atoms with E-state index in [9.17, 15) is 39.3 Å². The Morgan fingerprint density at radius 3 is 1.68 bits per heavy atom. The second-order valence-electron chi connectivity index (χ2n) is 5.28. The van der Waals surface area contributed by atoms with Crippen molar-refractivity contribution in [3.63, 3.8) is 0 Å². The van der Waals surface area contributed by atoms with Crippen LogP contribution in [0.1, 0.15) is 27.7 Å². The van der Waals surface area contributed by atoms with Gasteiger partial charge in [-0.15, -0.1) is 0 Å². The predicted molar refractivity (Wildman–Crippen MR) is 77.6 cm³/mol. The molecule has 0 aliphatic rings. The molecular formula is C14H20O11. The smallest absolute Gasteiger partial charge is 0.481 e. The first-order chi connectivity index (χ1) is 11.4. The van der Waals surface area contributed by atoms with Crippen LogP contribution in [-0.2, 0) is 33.4 Å². The first-order valence-corrected chi connectivity index (χ1v) is 7.12. The minimum atomic E-state index is -3.33. The molecule has 11 heteroatoms. The van der Waals surface area contributed by atoms with Gasteiger partial charge in [0.1, 0.15) is 5.41 Å².